The van der Waals surface area contributed by atoms with Gasteiger partial charge in [-0.2, -0.15) is 13.2 Å². The van der Waals surface area contributed by atoms with Crippen LogP contribution in [-0.4, -0.2) is 46.2 Å². The van der Waals surface area contributed by atoms with Crippen molar-refractivity contribution in [1.82, 2.24) is 25.6 Å². The van der Waals surface area contributed by atoms with Gasteiger partial charge in [-0.05, 0) is 44.9 Å². The zero-order valence-electron chi connectivity index (χ0n) is 19.8. The monoisotopic (exact) mass is 518 g/mol. The Bertz CT molecular complexity index is 1210. The number of hydrogen-bond donors (Lipinski definition) is 2. The average Bonchev–Trinajstić information content (AvgIpc) is 2.83. The molecule has 1 saturated heterocycles. The van der Waals surface area contributed by atoms with Gasteiger partial charge in [0, 0.05) is 48.7 Å². The number of rotatable bonds is 5. The Hall–Kier alpha value is -3.40. The van der Waals surface area contributed by atoms with Gasteiger partial charge in [0.15, 0.2) is 0 Å². The summed E-state index contributed by atoms with van der Waals surface area (Å²) < 4.78 is 39.1. The fraction of sp³-hybridized carbons (Fsp3) is 0.360. The van der Waals surface area contributed by atoms with Crippen LogP contribution in [-0.2, 0) is 6.18 Å². The maximum Gasteiger partial charge on any atom is 0.416 e. The standard InChI is InChI=1S/C25H26ClF3N6O/c1-15(2)32-24(36)33-18-8-11-35(12-9-18)21-14-31-22(16-3-5-17(6-4-16)25(27,28)29)23(34-21)19-7-10-30-13-20(19)26/h3-7,10,13-15,18H,8-9,11-12H2,1-2H3,(H2,32,33,36). The molecule has 11 heteroatoms. The summed E-state index contributed by atoms with van der Waals surface area (Å²) >= 11 is 6.41. The first-order valence-electron chi connectivity index (χ1n) is 11.6. The lowest BCUT2D eigenvalue weighted by molar-refractivity contribution is -0.137. The predicted octanol–water partition coefficient (Wildman–Crippen LogP) is 5.55. The molecule has 2 amide bonds. The molecule has 1 aromatic carbocycles. The number of carbonyl (C=O) groups is 1. The molecule has 0 atom stereocenters. The quantitative estimate of drug-likeness (QED) is 0.462. The van der Waals surface area contributed by atoms with Crippen LogP contribution in [0.2, 0.25) is 5.02 Å². The first-order valence-corrected chi connectivity index (χ1v) is 12.0. The highest BCUT2D eigenvalue weighted by Gasteiger charge is 2.30. The van der Waals surface area contributed by atoms with Gasteiger partial charge >= 0.3 is 12.2 Å². The molecule has 0 bridgehead atoms. The molecule has 190 valence electrons. The van der Waals surface area contributed by atoms with E-state index in [0.29, 0.717) is 46.4 Å². The van der Waals surface area contributed by atoms with Crippen LogP contribution in [0.25, 0.3) is 22.5 Å². The van der Waals surface area contributed by atoms with Crippen LogP contribution in [0.1, 0.15) is 32.3 Å². The summed E-state index contributed by atoms with van der Waals surface area (Å²) in [5, 5.41) is 6.18. The zero-order valence-corrected chi connectivity index (χ0v) is 20.6. The molecule has 7 nitrogen and oxygen atoms in total. The van der Waals surface area contributed by atoms with Crippen LogP contribution in [0.4, 0.5) is 23.8 Å². The largest absolute Gasteiger partial charge is 0.416 e. The number of nitrogens with one attached hydrogen (secondary N) is 2. The molecule has 0 radical (unpaired) electrons. The highest BCUT2D eigenvalue weighted by atomic mass is 35.5. The van der Waals surface area contributed by atoms with Gasteiger partial charge in [-0.1, -0.05) is 23.7 Å². The number of hydrogen-bond acceptors (Lipinski definition) is 5. The van der Waals surface area contributed by atoms with E-state index in [9.17, 15) is 18.0 Å². The lowest BCUT2D eigenvalue weighted by Gasteiger charge is -2.33. The van der Waals surface area contributed by atoms with Gasteiger partial charge in [-0.25, -0.2) is 9.78 Å². The minimum Gasteiger partial charge on any atom is -0.355 e. The summed E-state index contributed by atoms with van der Waals surface area (Å²) in [6.45, 7) is 5.12. The average molecular weight is 519 g/mol. The fourth-order valence-electron chi connectivity index (χ4n) is 4.06. The van der Waals surface area contributed by atoms with E-state index in [0.717, 1.165) is 25.0 Å². The second-order valence-electron chi connectivity index (χ2n) is 8.89. The number of carbonyl (C=O) groups excluding carboxylic acids is 1. The van der Waals surface area contributed by atoms with E-state index < -0.39 is 11.7 Å². The number of pyridine rings is 1. The second kappa shape index (κ2) is 10.7. The van der Waals surface area contributed by atoms with Crippen LogP contribution in [0.3, 0.4) is 0 Å². The van der Waals surface area contributed by atoms with Crippen LogP contribution < -0.4 is 15.5 Å². The Morgan fingerprint density at radius 1 is 1.08 bits per heavy atom. The lowest BCUT2D eigenvalue weighted by Crippen LogP contribution is -2.49. The van der Waals surface area contributed by atoms with Gasteiger partial charge in [0.2, 0.25) is 0 Å². The molecule has 2 N–H and O–H groups in total. The zero-order chi connectivity index (χ0) is 25.9. The lowest BCUT2D eigenvalue weighted by atomic mass is 10.0. The molecule has 1 aliphatic rings. The molecule has 3 heterocycles. The van der Waals surface area contributed by atoms with E-state index in [2.05, 4.69) is 25.5 Å². The van der Waals surface area contributed by atoms with Gasteiger partial charge in [0.1, 0.15) is 11.5 Å². The van der Waals surface area contributed by atoms with Gasteiger partial charge in [-0.3, -0.25) is 9.97 Å². The van der Waals surface area contributed by atoms with E-state index in [1.807, 2.05) is 13.8 Å². The van der Waals surface area contributed by atoms with Crippen molar-refractivity contribution in [3.8, 4) is 22.5 Å². The highest BCUT2D eigenvalue weighted by molar-refractivity contribution is 6.33. The van der Waals surface area contributed by atoms with E-state index in [-0.39, 0.29) is 18.1 Å². The predicted molar refractivity (Wildman–Crippen MR) is 133 cm³/mol. The van der Waals surface area contributed by atoms with E-state index in [1.165, 1.54) is 18.3 Å². The highest BCUT2D eigenvalue weighted by Crippen LogP contribution is 2.36. The van der Waals surface area contributed by atoms with Crippen LogP contribution in [0, 0.1) is 0 Å². The Kier molecular flexibility index (Phi) is 7.63. The second-order valence-corrected chi connectivity index (χ2v) is 9.30. The Balaban J connectivity index is 1.60. The summed E-state index contributed by atoms with van der Waals surface area (Å²) in [5.41, 5.74) is 1.21. The normalized spacial score (nSPS) is 14.7. The molecule has 36 heavy (non-hydrogen) atoms. The minimum atomic E-state index is -4.43. The molecule has 1 fully saturated rings. The van der Waals surface area contributed by atoms with Crippen LogP contribution >= 0.6 is 11.6 Å². The van der Waals surface area contributed by atoms with Crippen molar-refractivity contribution < 1.29 is 18.0 Å². The third kappa shape index (κ3) is 6.04. The molecule has 2 aromatic heterocycles. The van der Waals surface area contributed by atoms with E-state index >= 15 is 0 Å². The van der Waals surface area contributed by atoms with Gasteiger partial charge in [0.25, 0.3) is 0 Å². The van der Waals surface area contributed by atoms with Gasteiger partial charge in [0.05, 0.1) is 22.5 Å². The summed E-state index contributed by atoms with van der Waals surface area (Å²) in [6, 6.07) is 6.43. The minimum absolute atomic E-state index is 0.0495. The summed E-state index contributed by atoms with van der Waals surface area (Å²) in [7, 11) is 0. The van der Waals surface area contributed by atoms with Crippen molar-refractivity contribution >= 4 is 23.4 Å². The summed E-state index contributed by atoms with van der Waals surface area (Å²) in [4.78, 5) is 27.5. The molecule has 0 spiro atoms. The maximum absolute atomic E-state index is 13.0. The fourth-order valence-corrected chi connectivity index (χ4v) is 4.27. The number of anilines is 1. The number of alkyl halides is 3. The number of piperidine rings is 1. The Morgan fingerprint density at radius 2 is 1.78 bits per heavy atom. The SMILES string of the molecule is CC(C)NC(=O)NC1CCN(c2cnc(-c3ccc(C(F)(F)F)cc3)c(-c3ccncc3Cl)n2)CC1. The number of aromatic nitrogens is 3. The number of halogens is 4. The van der Waals surface area contributed by atoms with Crippen molar-refractivity contribution in [2.45, 2.75) is 44.9 Å². The topological polar surface area (TPSA) is 83.0 Å². The molecular formula is C25H26ClF3N6O. The van der Waals surface area contributed by atoms with Crippen molar-refractivity contribution in [1.29, 1.82) is 0 Å². The van der Waals surface area contributed by atoms with E-state index in [4.69, 9.17) is 16.6 Å². The van der Waals surface area contributed by atoms with E-state index in [1.54, 1.807) is 18.5 Å². The third-order valence-corrected chi connectivity index (χ3v) is 6.15. The van der Waals surface area contributed by atoms with Gasteiger partial charge in [-0.15, -0.1) is 0 Å². The number of benzene rings is 1. The summed E-state index contributed by atoms with van der Waals surface area (Å²) in [6.07, 6.45) is 1.72. The third-order valence-electron chi connectivity index (χ3n) is 5.85. The molecule has 4 rings (SSSR count). The smallest absolute Gasteiger partial charge is 0.355 e. The van der Waals surface area contributed by atoms with Crippen LogP contribution in [0.5, 0.6) is 0 Å². The molecular weight excluding hydrogens is 493 g/mol. The Labute approximate surface area is 212 Å². The first-order chi connectivity index (χ1) is 17.1. The molecule has 0 saturated carbocycles. The number of urea groups is 1. The first kappa shape index (κ1) is 25.7. The van der Waals surface area contributed by atoms with Gasteiger partial charge < -0.3 is 15.5 Å². The van der Waals surface area contributed by atoms with Crippen molar-refractivity contribution in [3.05, 3.63) is 59.5 Å². The molecule has 0 aliphatic carbocycles. The number of amides is 2. The molecule has 1 aliphatic heterocycles. The Morgan fingerprint density at radius 3 is 2.39 bits per heavy atom. The van der Waals surface area contributed by atoms with Crippen molar-refractivity contribution in [3.63, 3.8) is 0 Å². The molecule has 3 aromatic rings. The maximum atomic E-state index is 13.0. The van der Waals surface area contributed by atoms with Crippen LogP contribution in [0.15, 0.2) is 48.9 Å². The van der Waals surface area contributed by atoms with Crippen molar-refractivity contribution in [2.24, 2.45) is 0 Å². The summed E-state index contributed by atoms with van der Waals surface area (Å²) in [5.74, 6) is 0.624. The van der Waals surface area contributed by atoms with Crippen molar-refractivity contribution in [2.75, 3.05) is 18.0 Å². The number of nitrogens with zero attached hydrogens (tertiary/aromatic N) is 4. The molecule has 0 unspecified atom stereocenters.